The van der Waals surface area contributed by atoms with Crippen molar-refractivity contribution in [1.29, 1.82) is 0 Å². The van der Waals surface area contributed by atoms with Crippen molar-refractivity contribution in [3.05, 3.63) is 189 Å². The van der Waals surface area contributed by atoms with E-state index in [2.05, 4.69) is 209 Å². The fraction of sp³-hybridized carbons (Fsp3) is 0.438. The molecule has 1 nitrogen and oxygen atoms in total. The second kappa shape index (κ2) is 17.9. The summed E-state index contributed by atoms with van der Waals surface area (Å²) in [4.78, 5) is 4.44. The quantitative estimate of drug-likeness (QED) is 0.201. The summed E-state index contributed by atoms with van der Waals surface area (Å²) < 4.78 is 1.56. The maximum Gasteiger partial charge on any atom is 0.0489 e. The van der Waals surface area contributed by atoms with Crippen molar-refractivity contribution in [2.45, 2.75) is 151 Å². The van der Waals surface area contributed by atoms with Gasteiger partial charge in [-0.05, 0) is 170 Å². The van der Waals surface area contributed by atoms with Gasteiger partial charge < -0.3 is 4.90 Å². The number of anilines is 1. The van der Waals surface area contributed by atoms with Crippen molar-refractivity contribution in [2.24, 2.45) is 23.7 Å². The van der Waals surface area contributed by atoms with E-state index in [1.165, 1.54) is 80.3 Å². The third-order valence-electron chi connectivity index (χ3n) is 18.8. The lowest BCUT2D eigenvalue weighted by atomic mass is 9.59. The first-order valence-electron chi connectivity index (χ1n) is 26.6. The molecule has 1 aliphatic heterocycles. The number of benzene rings is 2. The molecule has 0 N–H and O–H groups in total. The van der Waals surface area contributed by atoms with Crippen LogP contribution in [0.1, 0.15) is 144 Å². The van der Waals surface area contributed by atoms with Crippen molar-refractivity contribution in [3.63, 3.8) is 0 Å². The van der Waals surface area contributed by atoms with Crippen LogP contribution in [0, 0.1) is 23.7 Å². The van der Waals surface area contributed by atoms with Gasteiger partial charge in [-0.25, -0.2) is 0 Å². The van der Waals surface area contributed by atoms with Crippen LogP contribution in [-0.2, 0) is 10.8 Å². The summed E-state index contributed by atoms with van der Waals surface area (Å²) >= 11 is 7.87. The molecule has 0 bridgehead atoms. The summed E-state index contributed by atoms with van der Waals surface area (Å²) in [6.45, 7) is 4.94. The molecular formula is C64H67I2NS. The van der Waals surface area contributed by atoms with Crippen molar-refractivity contribution in [1.82, 2.24) is 0 Å². The van der Waals surface area contributed by atoms with Crippen molar-refractivity contribution in [3.8, 4) is 0 Å². The summed E-state index contributed by atoms with van der Waals surface area (Å²) in [6, 6.07) is 13.3. The average molecular weight is 1140 g/mol. The molecule has 2 aromatic carbocycles. The first-order chi connectivity index (χ1) is 33.3. The molecule has 0 radical (unpaired) electrons. The molecule has 348 valence electrons. The standard InChI is InChI=1S/C64H67I2NS/c1-63(2)55-25-11-10-22-54(55)60-57(63)36-35-53-52-24-14-23-49(61(52)68-62(53)60)40-27-29-45(30-28-40)67(47-31-33-48(59(66)39-47)41-15-13-20-44(65)37-41)46-32-34-51-50-21-9-12-26-56(50)64(58(51)38-46,42-16-5-3-6-17-42)43-18-7-4-8-19-43/h3-7,10,12,14,16,18,22-24,26-27,29-30,32,34-36,38,40-42,44,47-48,52,59,61H,8-9,11,13,15,17,19-21,25,28,31,33,37,39H2,1-2H3. The van der Waals surface area contributed by atoms with Gasteiger partial charge in [0.1, 0.15) is 0 Å². The van der Waals surface area contributed by atoms with Crippen molar-refractivity contribution < 1.29 is 0 Å². The molecule has 10 atom stereocenters. The van der Waals surface area contributed by atoms with Crippen LogP contribution in [0.2, 0.25) is 0 Å². The summed E-state index contributed by atoms with van der Waals surface area (Å²) in [5, 5.41) is 0.449. The van der Waals surface area contributed by atoms with Crippen LogP contribution in [-0.4, -0.2) is 19.1 Å². The third-order valence-corrected chi connectivity index (χ3v) is 22.9. The minimum Gasteiger partial charge on any atom is -0.339 e. The number of thioether (sulfide) groups is 1. The van der Waals surface area contributed by atoms with E-state index in [1.807, 2.05) is 0 Å². The lowest BCUT2D eigenvalue weighted by molar-refractivity contribution is 0.203. The van der Waals surface area contributed by atoms with Gasteiger partial charge in [0.25, 0.3) is 0 Å². The first-order valence-corrected chi connectivity index (χ1v) is 30.0. The molecule has 2 fully saturated rings. The van der Waals surface area contributed by atoms with Gasteiger partial charge in [-0.2, -0.15) is 0 Å². The Morgan fingerprint density at radius 1 is 0.750 bits per heavy atom. The van der Waals surface area contributed by atoms with E-state index < -0.39 is 0 Å². The lowest BCUT2D eigenvalue weighted by Gasteiger charge is -2.46. The highest BCUT2D eigenvalue weighted by Gasteiger charge is 2.52. The fourth-order valence-electron chi connectivity index (χ4n) is 15.6. The zero-order chi connectivity index (χ0) is 45.7. The highest BCUT2D eigenvalue weighted by molar-refractivity contribution is 14.1. The number of rotatable bonds is 7. The molecule has 0 aromatic heterocycles. The minimum atomic E-state index is -0.146. The molecular weight excluding hydrogens is 1070 g/mol. The topological polar surface area (TPSA) is 3.24 Å². The second-order valence-electron chi connectivity index (χ2n) is 22.5. The average Bonchev–Trinajstić information content (AvgIpc) is 3.99. The SMILES string of the molecule is CC1(C)C2=C(C=CCC2)c2c1ccc1c2SC2C(C3C=CC(N(c4ccc5c(c4)C(C4=CC=CCC4)(C4C=CC=CC4)C4=C5CCC=C4)C4CCC(C5CCCC(I)C5)C(I)C4)=CC3)=CC=CC12. The van der Waals surface area contributed by atoms with E-state index in [-0.39, 0.29) is 10.8 Å². The van der Waals surface area contributed by atoms with E-state index >= 15 is 0 Å². The number of fused-ring (bicyclic) bond motifs is 8. The van der Waals surface area contributed by atoms with Gasteiger partial charge >= 0.3 is 0 Å². The smallest absolute Gasteiger partial charge is 0.0489 e. The van der Waals surface area contributed by atoms with Gasteiger partial charge in [-0.3, -0.25) is 0 Å². The molecule has 13 rings (SSSR count). The van der Waals surface area contributed by atoms with Crippen molar-refractivity contribution >= 4 is 73.8 Å². The largest absolute Gasteiger partial charge is 0.339 e. The Morgan fingerprint density at radius 2 is 1.65 bits per heavy atom. The van der Waals surface area contributed by atoms with Crippen molar-refractivity contribution in [2.75, 3.05) is 4.90 Å². The fourth-order valence-corrected chi connectivity index (χ4v) is 20.0. The summed E-state index contributed by atoms with van der Waals surface area (Å²) in [5.74, 6) is 2.97. The number of hydrogen-bond acceptors (Lipinski definition) is 2. The van der Waals surface area contributed by atoms with Gasteiger partial charge in [0.05, 0.1) is 0 Å². The summed E-state index contributed by atoms with van der Waals surface area (Å²) in [6.07, 6.45) is 60.7. The van der Waals surface area contributed by atoms with Crippen LogP contribution < -0.4 is 4.90 Å². The number of alkyl halides is 2. The van der Waals surface area contributed by atoms with Gasteiger partial charge in [0, 0.05) is 58.1 Å². The Labute approximate surface area is 439 Å². The summed E-state index contributed by atoms with van der Waals surface area (Å²) in [7, 11) is 0. The molecule has 0 amide bonds. The molecule has 0 saturated heterocycles. The molecule has 4 heteroatoms. The molecule has 11 aliphatic rings. The van der Waals surface area contributed by atoms with Crippen LogP contribution >= 0.6 is 56.9 Å². The van der Waals surface area contributed by atoms with Crippen LogP contribution in [0.3, 0.4) is 0 Å². The minimum absolute atomic E-state index is 0.110. The zero-order valence-electron chi connectivity index (χ0n) is 40.1. The Bertz CT molecular complexity index is 2830. The monoisotopic (exact) mass is 1140 g/mol. The zero-order valence-corrected chi connectivity index (χ0v) is 45.2. The normalized spacial score (nSPS) is 34.8. The van der Waals surface area contributed by atoms with Gasteiger partial charge in [-0.15, -0.1) is 11.8 Å². The Balaban J connectivity index is 0.858. The third kappa shape index (κ3) is 7.13. The molecule has 2 aromatic rings. The molecule has 10 aliphatic carbocycles. The van der Waals surface area contributed by atoms with Crippen LogP contribution in [0.15, 0.2) is 167 Å². The van der Waals surface area contributed by atoms with Crippen LogP contribution in [0.5, 0.6) is 0 Å². The highest BCUT2D eigenvalue weighted by atomic mass is 127. The maximum atomic E-state index is 2.92. The predicted octanol–water partition coefficient (Wildman–Crippen LogP) is 17.8. The first kappa shape index (κ1) is 44.8. The number of hydrogen-bond donors (Lipinski definition) is 0. The second-order valence-corrected chi connectivity index (χ2v) is 27.1. The van der Waals surface area contributed by atoms with E-state index in [0.717, 1.165) is 54.3 Å². The van der Waals surface area contributed by atoms with Crippen LogP contribution in [0.4, 0.5) is 5.69 Å². The van der Waals surface area contributed by atoms with Gasteiger partial charge in [0.2, 0.25) is 0 Å². The summed E-state index contributed by atoms with van der Waals surface area (Å²) in [5.41, 5.74) is 20.1. The molecule has 1 heterocycles. The molecule has 0 spiro atoms. The molecule has 2 saturated carbocycles. The number of halogens is 2. The molecule has 68 heavy (non-hydrogen) atoms. The van der Waals surface area contributed by atoms with Gasteiger partial charge in [-0.1, -0.05) is 198 Å². The number of allylic oxidation sites excluding steroid dienone is 22. The Hall–Kier alpha value is -3.07. The van der Waals surface area contributed by atoms with Gasteiger partial charge in [0.15, 0.2) is 0 Å². The van der Waals surface area contributed by atoms with E-state index in [0.29, 0.717) is 33.0 Å². The molecule has 10 unspecified atom stereocenters. The Kier molecular flexibility index (Phi) is 11.8. The number of nitrogens with zero attached hydrogens (tertiary/aromatic N) is 1. The van der Waals surface area contributed by atoms with E-state index in [4.69, 9.17) is 0 Å². The lowest BCUT2D eigenvalue weighted by Crippen LogP contribution is -2.44. The van der Waals surface area contributed by atoms with Crippen LogP contribution in [0.25, 0.3) is 11.1 Å². The van der Waals surface area contributed by atoms with E-state index in [1.54, 1.807) is 55.0 Å². The highest BCUT2D eigenvalue weighted by Crippen LogP contribution is 2.63. The van der Waals surface area contributed by atoms with E-state index in [9.17, 15) is 0 Å². The predicted molar refractivity (Wildman–Crippen MR) is 307 cm³/mol. The Morgan fingerprint density at radius 3 is 2.47 bits per heavy atom. The maximum absolute atomic E-state index is 2.92.